The second-order valence-corrected chi connectivity index (χ2v) is 5.05. The van der Waals surface area contributed by atoms with Crippen molar-refractivity contribution >= 4 is 26.7 Å². The van der Waals surface area contributed by atoms with Gasteiger partial charge in [0.1, 0.15) is 0 Å². The Morgan fingerprint density at radius 3 is 2.73 bits per heavy atom. The van der Waals surface area contributed by atoms with Crippen LogP contribution in [-0.2, 0) is 0 Å². The third kappa shape index (κ3) is 10.4. The van der Waals surface area contributed by atoms with Gasteiger partial charge in [-0.3, -0.25) is 0 Å². The minimum absolute atomic E-state index is 0.594. The molecule has 0 heterocycles. The van der Waals surface area contributed by atoms with Gasteiger partial charge in [0.25, 0.3) is 0 Å². The zero-order valence-corrected chi connectivity index (χ0v) is 9.88. The van der Waals surface area contributed by atoms with E-state index in [0.717, 1.165) is 0 Å². The first-order valence-electron chi connectivity index (χ1n) is 4.15. The second kappa shape index (κ2) is 10.4. The van der Waals surface area contributed by atoms with E-state index in [2.05, 4.69) is 23.9 Å². The van der Waals surface area contributed by atoms with Crippen LogP contribution in [0.15, 0.2) is 0 Å². The van der Waals surface area contributed by atoms with Crippen LogP contribution >= 0.6 is 11.8 Å². The fourth-order valence-electron chi connectivity index (χ4n) is 0.480. The Balaban J connectivity index is 2.99. The number of hydrogen-bond acceptors (Lipinski definition) is 1. The van der Waals surface area contributed by atoms with E-state index in [1.807, 2.05) is 0 Å². The Labute approximate surface area is 81.1 Å². The van der Waals surface area contributed by atoms with Gasteiger partial charge in [0.05, 0.1) is 0 Å². The molecule has 0 saturated carbocycles. The van der Waals surface area contributed by atoms with Crippen LogP contribution in [0.5, 0.6) is 0 Å². The molecule has 0 aromatic heterocycles. The van der Waals surface area contributed by atoms with E-state index in [-0.39, 0.29) is 0 Å². The predicted octanol–water partition coefficient (Wildman–Crippen LogP) is 2.97. The molecule has 0 bridgehead atoms. The molecule has 64 valence electrons. The van der Waals surface area contributed by atoms with Crippen molar-refractivity contribution in [3.8, 4) is 10.1 Å². The molecule has 0 aromatic carbocycles. The summed E-state index contributed by atoms with van der Waals surface area (Å²) in [4.78, 5) is 3.23. The van der Waals surface area contributed by atoms with Crippen molar-refractivity contribution < 1.29 is 0 Å². The zero-order chi connectivity index (χ0) is 8.36. The summed E-state index contributed by atoms with van der Waals surface area (Å²) in [6.45, 7) is 4.42. The van der Waals surface area contributed by atoms with Gasteiger partial charge >= 0.3 is 81.0 Å². The van der Waals surface area contributed by atoms with Crippen LogP contribution in [0, 0.1) is 10.1 Å². The number of hydrogen-bond donors (Lipinski definition) is 0. The van der Waals surface area contributed by atoms with Crippen LogP contribution in [0.25, 0.3) is 0 Å². The predicted molar refractivity (Wildman–Crippen MR) is 56.0 cm³/mol. The third-order valence-electron chi connectivity index (χ3n) is 1.09. The van der Waals surface area contributed by atoms with Crippen molar-refractivity contribution in [2.75, 3.05) is 5.75 Å². The van der Waals surface area contributed by atoms with Crippen molar-refractivity contribution in [3.63, 3.8) is 0 Å². The summed E-state index contributed by atoms with van der Waals surface area (Å²) in [7, 11) is 0. The van der Waals surface area contributed by atoms with Crippen LogP contribution in [0.3, 0.4) is 0 Å². The van der Waals surface area contributed by atoms with Crippen LogP contribution in [0.2, 0.25) is 5.32 Å². The van der Waals surface area contributed by atoms with E-state index >= 15 is 0 Å². The van der Waals surface area contributed by atoms with Crippen molar-refractivity contribution in [2.45, 2.75) is 38.4 Å². The number of unbranched alkanes of at least 4 members (excludes halogenated alkanes) is 1. The summed E-state index contributed by atoms with van der Waals surface area (Å²) in [5.41, 5.74) is 0. The number of thioether (sulfide) groups is 1. The summed E-state index contributed by atoms with van der Waals surface area (Å²) in [6, 6.07) is 0. The molecule has 0 radical (unpaired) electrons. The molecule has 0 fully saturated rings. The van der Waals surface area contributed by atoms with Gasteiger partial charge < -0.3 is 0 Å². The van der Waals surface area contributed by atoms with Crippen LogP contribution in [0.4, 0.5) is 0 Å². The minimum atomic E-state index is 0.594. The standard InChI is InChI=1S/C9H16SSe/c1-3-5-8-11-9-7-10-6-4-2/h3-6,8H2,1-2H3. The molecule has 0 nitrogen and oxygen atoms in total. The molecular weight excluding hydrogens is 219 g/mol. The molecule has 0 aromatic rings. The average molecular weight is 235 g/mol. The molecule has 2 heteroatoms. The first-order chi connectivity index (χ1) is 5.41. The average Bonchev–Trinajstić information content (AvgIpc) is 2.03. The van der Waals surface area contributed by atoms with Gasteiger partial charge in [-0.2, -0.15) is 0 Å². The van der Waals surface area contributed by atoms with Gasteiger partial charge in [-0.05, 0) is 0 Å². The van der Waals surface area contributed by atoms with E-state index in [9.17, 15) is 0 Å². The molecule has 0 aliphatic rings. The first kappa shape index (κ1) is 11.4. The van der Waals surface area contributed by atoms with E-state index in [1.54, 1.807) is 11.8 Å². The Kier molecular flexibility index (Phi) is 10.8. The van der Waals surface area contributed by atoms with Crippen molar-refractivity contribution in [3.05, 3.63) is 0 Å². The van der Waals surface area contributed by atoms with Gasteiger partial charge in [0.15, 0.2) is 0 Å². The van der Waals surface area contributed by atoms with Crippen molar-refractivity contribution in [1.29, 1.82) is 0 Å². The Hall–Kier alpha value is 0.429. The number of rotatable bonds is 5. The molecule has 0 N–H and O–H groups in total. The topological polar surface area (TPSA) is 0 Å². The third-order valence-corrected chi connectivity index (χ3v) is 3.79. The van der Waals surface area contributed by atoms with Gasteiger partial charge in [0.2, 0.25) is 0 Å². The summed E-state index contributed by atoms with van der Waals surface area (Å²) in [5.74, 6) is 1.19. The van der Waals surface area contributed by atoms with Crippen molar-refractivity contribution in [2.24, 2.45) is 0 Å². The van der Waals surface area contributed by atoms with Crippen molar-refractivity contribution in [1.82, 2.24) is 0 Å². The fraction of sp³-hybridized carbons (Fsp3) is 0.778. The summed E-state index contributed by atoms with van der Waals surface area (Å²) >= 11 is 2.36. The van der Waals surface area contributed by atoms with E-state index < -0.39 is 0 Å². The quantitative estimate of drug-likeness (QED) is 0.401. The summed E-state index contributed by atoms with van der Waals surface area (Å²) in [6.07, 6.45) is 3.90. The molecule has 0 rings (SSSR count). The molecule has 0 amide bonds. The van der Waals surface area contributed by atoms with Crippen LogP contribution in [-0.4, -0.2) is 20.7 Å². The van der Waals surface area contributed by atoms with Gasteiger partial charge in [-0.1, -0.05) is 0 Å². The SMILES string of the molecule is CCCC[Se]C#CSCCC. The Bertz CT molecular complexity index is 123. The Morgan fingerprint density at radius 2 is 2.09 bits per heavy atom. The van der Waals surface area contributed by atoms with E-state index in [4.69, 9.17) is 0 Å². The van der Waals surface area contributed by atoms with Crippen LogP contribution in [0.1, 0.15) is 33.1 Å². The molecule has 0 saturated heterocycles. The summed E-state index contributed by atoms with van der Waals surface area (Å²) in [5, 5.41) is 4.48. The summed E-state index contributed by atoms with van der Waals surface area (Å²) < 4.78 is 0. The molecule has 0 unspecified atom stereocenters. The van der Waals surface area contributed by atoms with E-state index in [0.29, 0.717) is 15.0 Å². The second-order valence-electron chi connectivity index (χ2n) is 2.25. The fourth-order valence-corrected chi connectivity index (χ4v) is 2.77. The molecular formula is C9H16SSe. The molecule has 0 atom stereocenters. The Morgan fingerprint density at radius 1 is 1.27 bits per heavy atom. The monoisotopic (exact) mass is 236 g/mol. The molecule has 0 aliphatic heterocycles. The first-order valence-corrected chi connectivity index (χ1v) is 7.20. The molecule has 0 aliphatic carbocycles. The van der Waals surface area contributed by atoms with Gasteiger partial charge in [0, 0.05) is 0 Å². The normalized spacial score (nSPS) is 8.91. The zero-order valence-electron chi connectivity index (χ0n) is 7.35. The van der Waals surface area contributed by atoms with E-state index in [1.165, 1.54) is 30.3 Å². The van der Waals surface area contributed by atoms with Crippen LogP contribution < -0.4 is 0 Å². The maximum atomic E-state index is 3.23. The molecule has 0 spiro atoms. The van der Waals surface area contributed by atoms with Gasteiger partial charge in [-0.25, -0.2) is 0 Å². The maximum absolute atomic E-state index is 3.23. The van der Waals surface area contributed by atoms with Gasteiger partial charge in [-0.15, -0.1) is 0 Å². The molecule has 11 heavy (non-hydrogen) atoms.